The third kappa shape index (κ3) is 5.03. The Morgan fingerprint density at radius 3 is 1.90 bits per heavy atom. The van der Waals surface area contributed by atoms with Crippen LogP contribution in [-0.2, 0) is 18.6 Å². The molecule has 0 aliphatic carbocycles. The molecular weight excluding hydrogens is 392 g/mol. The molecule has 0 saturated carbocycles. The largest absolute Gasteiger partial charge is 0.407 e. The fraction of sp³-hybridized carbons (Fsp3) is 0.520. The van der Waals surface area contributed by atoms with Crippen LogP contribution in [0.1, 0.15) is 40.0 Å². The summed E-state index contributed by atoms with van der Waals surface area (Å²) in [6.45, 7) is 7.56. The molecule has 1 heterocycles. The first-order chi connectivity index (χ1) is 14.4. The molecule has 3 atom stereocenters. The van der Waals surface area contributed by atoms with Crippen LogP contribution < -0.4 is 10.4 Å². The smallest absolute Gasteiger partial charge is 0.261 e. The molecule has 3 rings (SSSR count). The molecule has 1 fully saturated rings. The number of hydrogen-bond donors (Lipinski definition) is 0. The number of hydrogen-bond acceptors (Lipinski definition) is 4. The van der Waals surface area contributed by atoms with Gasteiger partial charge >= 0.3 is 0 Å². The highest BCUT2D eigenvalue weighted by Crippen LogP contribution is 2.37. The SMILES string of the molecule is CO[C@@H]1C[C@@H](CCO[Si](c2ccccc2)(c2ccccc2)C(C)(C)C)O[C@@H](OC)C1. The Hall–Kier alpha value is -1.50. The lowest BCUT2D eigenvalue weighted by atomic mass is 10.0. The van der Waals surface area contributed by atoms with E-state index in [4.69, 9.17) is 18.6 Å². The van der Waals surface area contributed by atoms with Crippen LogP contribution in [0, 0.1) is 0 Å². The zero-order chi connectivity index (χ0) is 21.6. The summed E-state index contributed by atoms with van der Waals surface area (Å²) in [7, 11) is 0.953. The van der Waals surface area contributed by atoms with Crippen LogP contribution in [0.25, 0.3) is 0 Å². The normalized spacial score (nSPS) is 22.8. The molecule has 30 heavy (non-hydrogen) atoms. The summed E-state index contributed by atoms with van der Waals surface area (Å²) in [5.41, 5.74) is 0. The van der Waals surface area contributed by atoms with E-state index in [-0.39, 0.29) is 23.5 Å². The minimum absolute atomic E-state index is 0.0206. The van der Waals surface area contributed by atoms with Crippen LogP contribution in [0.4, 0.5) is 0 Å². The van der Waals surface area contributed by atoms with Gasteiger partial charge in [-0.3, -0.25) is 0 Å². The first-order valence-corrected chi connectivity index (χ1v) is 12.8. The fourth-order valence-electron chi connectivity index (χ4n) is 4.57. The van der Waals surface area contributed by atoms with E-state index in [1.54, 1.807) is 14.2 Å². The molecular formula is C25H36O4Si. The van der Waals surface area contributed by atoms with Gasteiger partial charge in [0.15, 0.2) is 6.29 Å². The standard InChI is InChI=1S/C25H36O4Si/c1-25(2,3)30(22-12-8-6-9-13-22,23-14-10-7-11-15-23)28-17-16-20-18-21(26-4)19-24(27-5)29-20/h6-15,20-21,24H,16-19H2,1-5H3/t20-,21-,24-/m1/s1. The van der Waals surface area contributed by atoms with E-state index in [0.717, 1.165) is 19.3 Å². The third-order valence-electron chi connectivity index (χ3n) is 6.10. The minimum Gasteiger partial charge on any atom is -0.407 e. The van der Waals surface area contributed by atoms with Crippen LogP contribution in [0.2, 0.25) is 5.04 Å². The van der Waals surface area contributed by atoms with Crippen LogP contribution in [0.15, 0.2) is 60.7 Å². The minimum atomic E-state index is -2.50. The number of benzene rings is 2. The third-order valence-corrected chi connectivity index (χ3v) is 11.1. The van der Waals surface area contributed by atoms with Crippen molar-refractivity contribution in [2.24, 2.45) is 0 Å². The van der Waals surface area contributed by atoms with Gasteiger partial charge in [-0.15, -0.1) is 0 Å². The van der Waals surface area contributed by atoms with Crippen molar-refractivity contribution in [3.8, 4) is 0 Å². The topological polar surface area (TPSA) is 36.9 Å². The van der Waals surface area contributed by atoms with Gasteiger partial charge in [0.1, 0.15) is 0 Å². The van der Waals surface area contributed by atoms with Crippen molar-refractivity contribution in [3.05, 3.63) is 60.7 Å². The number of ether oxygens (including phenoxy) is 3. The summed E-state index contributed by atoms with van der Waals surface area (Å²) in [6.07, 6.45) is 2.51. The quantitative estimate of drug-likeness (QED) is 0.593. The second-order valence-electron chi connectivity index (χ2n) is 9.05. The molecule has 0 bridgehead atoms. The summed E-state index contributed by atoms with van der Waals surface area (Å²) >= 11 is 0. The molecule has 0 spiro atoms. The molecule has 0 radical (unpaired) electrons. The molecule has 4 nitrogen and oxygen atoms in total. The zero-order valence-corrected chi connectivity index (χ0v) is 20.0. The Morgan fingerprint density at radius 2 is 1.43 bits per heavy atom. The van der Waals surface area contributed by atoms with E-state index in [2.05, 4.69) is 81.4 Å². The van der Waals surface area contributed by atoms with Gasteiger partial charge in [-0.2, -0.15) is 0 Å². The molecule has 0 N–H and O–H groups in total. The fourth-order valence-corrected chi connectivity index (χ4v) is 9.14. The molecule has 0 unspecified atom stereocenters. The van der Waals surface area contributed by atoms with Crippen molar-refractivity contribution in [2.45, 2.75) is 63.6 Å². The van der Waals surface area contributed by atoms with Crippen molar-refractivity contribution in [1.82, 2.24) is 0 Å². The van der Waals surface area contributed by atoms with Crippen LogP contribution in [-0.4, -0.2) is 47.6 Å². The first kappa shape index (κ1) is 23.2. The van der Waals surface area contributed by atoms with E-state index in [1.165, 1.54) is 10.4 Å². The van der Waals surface area contributed by atoms with Crippen LogP contribution in [0.5, 0.6) is 0 Å². The van der Waals surface area contributed by atoms with Gasteiger partial charge in [0.25, 0.3) is 8.32 Å². The molecule has 2 aromatic rings. The first-order valence-electron chi connectivity index (χ1n) is 10.9. The Bertz CT molecular complexity index is 708. The van der Waals surface area contributed by atoms with E-state index in [0.29, 0.717) is 6.61 Å². The Kier molecular flexibility index (Phi) is 7.88. The van der Waals surface area contributed by atoms with Crippen molar-refractivity contribution < 1.29 is 18.6 Å². The molecule has 1 aliphatic heterocycles. The van der Waals surface area contributed by atoms with Gasteiger partial charge in [0.05, 0.1) is 12.2 Å². The van der Waals surface area contributed by atoms with Gasteiger partial charge in [-0.25, -0.2) is 0 Å². The van der Waals surface area contributed by atoms with E-state index < -0.39 is 8.32 Å². The molecule has 0 amide bonds. The summed E-state index contributed by atoms with van der Waals surface area (Å²) in [6, 6.07) is 21.5. The maximum absolute atomic E-state index is 6.98. The molecule has 1 saturated heterocycles. The van der Waals surface area contributed by atoms with Gasteiger partial charge < -0.3 is 18.6 Å². The average Bonchev–Trinajstić information content (AvgIpc) is 2.76. The Balaban J connectivity index is 1.85. The maximum atomic E-state index is 6.98. The van der Waals surface area contributed by atoms with Gasteiger partial charge in [-0.05, 0) is 21.8 Å². The summed E-state index contributed by atoms with van der Waals surface area (Å²) in [5, 5.41) is 2.59. The number of methoxy groups -OCH3 is 2. The van der Waals surface area contributed by atoms with E-state index in [1.807, 2.05) is 0 Å². The monoisotopic (exact) mass is 428 g/mol. The molecule has 164 valence electrons. The highest BCUT2D eigenvalue weighted by Gasteiger charge is 2.50. The second-order valence-corrected chi connectivity index (χ2v) is 13.4. The van der Waals surface area contributed by atoms with E-state index in [9.17, 15) is 0 Å². The maximum Gasteiger partial charge on any atom is 0.261 e. The summed E-state index contributed by atoms with van der Waals surface area (Å²) < 4.78 is 24.2. The van der Waals surface area contributed by atoms with Crippen LogP contribution in [0.3, 0.4) is 0 Å². The predicted molar refractivity (Wildman–Crippen MR) is 124 cm³/mol. The predicted octanol–water partition coefficient (Wildman–Crippen LogP) is 4.12. The molecule has 2 aromatic carbocycles. The Labute approximate surface area is 182 Å². The van der Waals surface area contributed by atoms with Crippen LogP contribution >= 0.6 is 0 Å². The summed E-state index contributed by atoms with van der Waals surface area (Å²) in [5.74, 6) is 0. The highest BCUT2D eigenvalue weighted by molar-refractivity contribution is 6.99. The van der Waals surface area contributed by atoms with Gasteiger partial charge in [0, 0.05) is 33.7 Å². The highest BCUT2D eigenvalue weighted by atomic mass is 28.4. The lowest BCUT2D eigenvalue weighted by Gasteiger charge is -2.43. The lowest BCUT2D eigenvalue weighted by molar-refractivity contribution is -0.209. The average molecular weight is 429 g/mol. The van der Waals surface area contributed by atoms with Crippen molar-refractivity contribution in [3.63, 3.8) is 0 Å². The molecule has 0 aromatic heterocycles. The molecule has 5 heteroatoms. The van der Waals surface area contributed by atoms with Crippen molar-refractivity contribution in [2.75, 3.05) is 20.8 Å². The summed E-state index contributed by atoms with van der Waals surface area (Å²) in [4.78, 5) is 0. The lowest BCUT2D eigenvalue weighted by Crippen LogP contribution is -2.66. The second kappa shape index (κ2) is 10.2. The van der Waals surface area contributed by atoms with Gasteiger partial charge in [-0.1, -0.05) is 81.4 Å². The molecule has 1 aliphatic rings. The zero-order valence-electron chi connectivity index (χ0n) is 19.0. The van der Waals surface area contributed by atoms with E-state index >= 15 is 0 Å². The van der Waals surface area contributed by atoms with Crippen molar-refractivity contribution >= 4 is 18.7 Å². The Morgan fingerprint density at radius 1 is 0.867 bits per heavy atom. The van der Waals surface area contributed by atoms with Gasteiger partial charge in [0.2, 0.25) is 0 Å². The van der Waals surface area contributed by atoms with Crippen molar-refractivity contribution in [1.29, 1.82) is 0 Å². The number of rotatable bonds is 8.